The highest BCUT2D eigenvalue weighted by Gasteiger charge is 2.31. The van der Waals surface area contributed by atoms with Crippen LogP contribution in [-0.2, 0) is 0 Å². The topological polar surface area (TPSA) is 44.1 Å². The first-order chi connectivity index (χ1) is 13.8. The first-order valence-corrected chi connectivity index (χ1v) is 8.44. The molecule has 30 heavy (non-hydrogen) atoms. The Hall–Kier alpha value is -3.68. The summed E-state index contributed by atoms with van der Waals surface area (Å²) in [5.74, 6) is -0.796. The van der Waals surface area contributed by atoms with Crippen molar-refractivity contribution >= 4 is 10.9 Å². The Bertz CT molecular complexity index is 1230. The van der Waals surface area contributed by atoms with Crippen molar-refractivity contribution in [1.82, 2.24) is 9.55 Å². The Balaban J connectivity index is 0.00000256. The highest BCUT2D eigenvalue weighted by atomic mass is 19.4. The number of rotatable bonds is 3. The molecule has 2 aromatic carbocycles. The molecule has 8 heteroatoms. The summed E-state index contributed by atoms with van der Waals surface area (Å²) in [6.45, 7) is 0. The number of pyridine rings is 2. The number of hydrogen-bond acceptors (Lipinski definition) is 3. The van der Waals surface area contributed by atoms with Crippen molar-refractivity contribution < 1.29 is 22.3 Å². The van der Waals surface area contributed by atoms with Crippen molar-refractivity contribution in [1.29, 1.82) is 0 Å². The number of nitrogens with zero attached hydrogens (tertiary/aromatic N) is 2. The maximum Gasteiger partial charge on any atom is 0.573 e. The highest BCUT2D eigenvalue weighted by Crippen LogP contribution is 2.28. The third-order valence-corrected chi connectivity index (χ3v) is 4.27. The van der Waals surface area contributed by atoms with E-state index in [0.717, 1.165) is 12.1 Å². The molecular formula is C22H16F4N2O2. The van der Waals surface area contributed by atoms with Gasteiger partial charge < -0.3 is 4.74 Å². The molecule has 0 radical (unpaired) electrons. The van der Waals surface area contributed by atoms with Gasteiger partial charge in [-0.1, -0.05) is 19.6 Å². The van der Waals surface area contributed by atoms with E-state index in [-0.39, 0.29) is 13.0 Å². The Morgan fingerprint density at radius 3 is 2.23 bits per heavy atom. The molecule has 0 saturated carbocycles. The molecule has 0 bridgehead atoms. The van der Waals surface area contributed by atoms with Crippen LogP contribution in [0.3, 0.4) is 0 Å². The van der Waals surface area contributed by atoms with Gasteiger partial charge in [-0.2, -0.15) is 0 Å². The molecule has 4 nitrogen and oxygen atoms in total. The molecule has 0 spiro atoms. The molecule has 0 amide bonds. The number of ether oxygens (including phenoxy) is 1. The van der Waals surface area contributed by atoms with Gasteiger partial charge in [-0.15, -0.1) is 13.2 Å². The van der Waals surface area contributed by atoms with Gasteiger partial charge in [0.15, 0.2) is 0 Å². The number of fused-ring (bicyclic) bond motifs is 1. The van der Waals surface area contributed by atoms with Crippen LogP contribution < -0.4 is 10.3 Å². The summed E-state index contributed by atoms with van der Waals surface area (Å²) < 4.78 is 55.6. The van der Waals surface area contributed by atoms with Gasteiger partial charge in [-0.05, 0) is 54.1 Å². The fourth-order valence-corrected chi connectivity index (χ4v) is 3.01. The van der Waals surface area contributed by atoms with Crippen molar-refractivity contribution in [2.75, 3.05) is 0 Å². The van der Waals surface area contributed by atoms with Crippen LogP contribution in [0.5, 0.6) is 5.75 Å². The third kappa shape index (κ3) is 4.17. The van der Waals surface area contributed by atoms with E-state index in [1.54, 1.807) is 30.5 Å². The number of aromatic nitrogens is 2. The van der Waals surface area contributed by atoms with Gasteiger partial charge in [0.2, 0.25) is 0 Å². The second-order valence-electron chi connectivity index (χ2n) is 6.17. The van der Waals surface area contributed by atoms with Crippen LogP contribution >= 0.6 is 0 Å². The van der Waals surface area contributed by atoms with Gasteiger partial charge in [-0.3, -0.25) is 14.3 Å². The summed E-state index contributed by atoms with van der Waals surface area (Å²) in [5, 5.41) is 0.324. The second kappa shape index (κ2) is 7.98. The summed E-state index contributed by atoms with van der Waals surface area (Å²) in [7, 11) is 0. The normalized spacial score (nSPS) is 11.2. The molecule has 0 aliphatic carbocycles. The standard InChI is InChI=1S/C21H12F4N2O2.CH4/c22-14-5-3-13(4-6-14)18-12-27(20(28)17-2-1-11-26-19(17)18)15-7-9-16(10-8-15)29-21(23,24)25;/h1-12H;1H4. The minimum absolute atomic E-state index is 0. The molecule has 0 atom stereocenters. The van der Waals surface area contributed by atoms with Crippen LogP contribution in [0.4, 0.5) is 17.6 Å². The molecule has 0 saturated heterocycles. The fourth-order valence-electron chi connectivity index (χ4n) is 3.01. The Morgan fingerprint density at radius 2 is 1.60 bits per heavy atom. The molecule has 0 N–H and O–H groups in total. The summed E-state index contributed by atoms with van der Waals surface area (Å²) in [5.41, 5.74) is 1.62. The van der Waals surface area contributed by atoms with Crippen molar-refractivity contribution in [2.24, 2.45) is 0 Å². The molecule has 0 fully saturated rings. The molecule has 0 aliphatic heterocycles. The van der Waals surface area contributed by atoms with Gasteiger partial charge in [0, 0.05) is 23.6 Å². The molecule has 0 aliphatic rings. The zero-order valence-electron chi connectivity index (χ0n) is 14.7. The average Bonchev–Trinajstić information content (AvgIpc) is 2.69. The molecule has 4 aromatic rings. The molecule has 4 rings (SSSR count). The monoisotopic (exact) mass is 416 g/mol. The molecule has 2 aromatic heterocycles. The number of hydrogen-bond donors (Lipinski definition) is 0. The summed E-state index contributed by atoms with van der Waals surface area (Å²) in [6.07, 6.45) is -1.73. The molecule has 2 heterocycles. The smallest absolute Gasteiger partial charge is 0.406 e. The fraction of sp³-hybridized carbons (Fsp3) is 0.0909. The first-order valence-electron chi connectivity index (χ1n) is 8.44. The van der Waals surface area contributed by atoms with Crippen molar-refractivity contribution in [3.8, 4) is 22.6 Å². The maximum absolute atomic E-state index is 13.3. The number of halogens is 4. The zero-order valence-corrected chi connectivity index (χ0v) is 14.7. The summed E-state index contributed by atoms with van der Waals surface area (Å²) in [6, 6.07) is 13.9. The largest absolute Gasteiger partial charge is 0.573 e. The van der Waals surface area contributed by atoms with Crippen LogP contribution in [0.25, 0.3) is 27.7 Å². The van der Waals surface area contributed by atoms with Gasteiger partial charge in [0.05, 0.1) is 10.9 Å². The second-order valence-corrected chi connectivity index (χ2v) is 6.17. The zero-order chi connectivity index (χ0) is 20.6. The van der Waals surface area contributed by atoms with Gasteiger partial charge in [-0.25, -0.2) is 4.39 Å². The quantitative estimate of drug-likeness (QED) is 0.401. The van der Waals surface area contributed by atoms with E-state index in [1.807, 2.05) is 0 Å². The van der Waals surface area contributed by atoms with Crippen molar-refractivity contribution in [2.45, 2.75) is 13.8 Å². The minimum Gasteiger partial charge on any atom is -0.406 e. The Labute approximate surface area is 169 Å². The maximum atomic E-state index is 13.3. The van der Waals surface area contributed by atoms with Gasteiger partial charge in [0.1, 0.15) is 11.6 Å². The van der Waals surface area contributed by atoms with E-state index in [9.17, 15) is 22.4 Å². The van der Waals surface area contributed by atoms with E-state index in [2.05, 4.69) is 9.72 Å². The van der Waals surface area contributed by atoms with Crippen LogP contribution in [0, 0.1) is 5.82 Å². The van der Waals surface area contributed by atoms with Crippen LogP contribution in [0.1, 0.15) is 7.43 Å². The van der Waals surface area contributed by atoms with Crippen molar-refractivity contribution in [3.05, 3.63) is 89.2 Å². The van der Waals surface area contributed by atoms with Gasteiger partial charge in [0.25, 0.3) is 5.56 Å². The Morgan fingerprint density at radius 1 is 0.933 bits per heavy atom. The predicted molar refractivity (Wildman–Crippen MR) is 106 cm³/mol. The van der Waals surface area contributed by atoms with E-state index in [0.29, 0.717) is 27.7 Å². The lowest BCUT2D eigenvalue weighted by molar-refractivity contribution is -0.274. The number of benzene rings is 2. The lowest BCUT2D eigenvalue weighted by Gasteiger charge is -2.13. The average molecular weight is 416 g/mol. The minimum atomic E-state index is -4.80. The molecule has 154 valence electrons. The summed E-state index contributed by atoms with van der Waals surface area (Å²) in [4.78, 5) is 17.2. The lowest BCUT2D eigenvalue weighted by atomic mass is 10.0. The molecular weight excluding hydrogens is 400 g/mol. The van der Waals surface area contributed by atoms with E-state index in [1.165, 1.54) is 35.0 Å². The SMILES string of the molecule is C.O=c1c2cccnc2c(-c2ccc(F)cc2)cn1-c1ccc(OC(F)(F)F)cc1. The van der Waals surface area contributed by atoms with Crippen LogP contribution in [0.15, 0.2) is 77.9 Å². The van der Waals surface area contributed by atoms with E-state index >= 15 is 0 Å². The Kier molecular flexibility index (Phi) is 5.60. The van der Waals surface area contributed by atoms with Crippen molar-refractivity contribution in [3.63, 3.8) is 0 Å². The lowest BCUT2D eigenvalue weighted by Crippen LogP contribution is -2.19. The van der Waals surface area contributed by atoms with Gasteiger partial charge >= 0.3 is 6.36 Å². The van der Waals surface area contributed by atoms with E-state index in [4.69, 9.17) is 0 Å². The highest BCUT2D eigenvalue weighted by molar-refractivity contribution is 5.92. The first kappa shape index (κ1) is 21.0. The summed E-state index contributed by atoms with van der Waals surface area (Å²) >= 11 is 0. The van der Waals surface area contributed by atoms with Crippen LogP contribution in [-0.4, -0.2) is 15.9 Å². The third-order valence-electron chi connectivity index (χ3n) is 4.27. The van der Waals surface area contributed by atoms with E-state index < -0.39 is 17.9 Å². The predicted octanol–water partition coefficient (Wildman–Crippen LogP) is 5.73. The van der Waals surface area contributed by atoms with Crippen LogP contribution in [0.2, 0.25) is 0 Å². The number of alkyl halides is 3. The molecule has 0 unspecified atom stereocenters.